The van der Waals surface area contributed by atoms with Crippen LogP contribution < -0.4 is 10.6 Å². The van der Waals surface area contributed by atoms with Crippen LogP contribution in [0.1, 0.15) is 26.7 Å². The standard InChI is InChI=1S/C24H32F2N4O3/c1-6-8-15(2)14-33-22-12-21(32-5)16(13-27-22)19-11-20(30(4)29(19)3)24(31)28-23-17(25)9-7-10-18(23)26/h7,9-12,15,20,27H,6,8,13-14H2,1-5H3,(H,28,31). The Bertz CT molecular complexity index is 956. The number of amides is 1. The SMILES string of the molecule is CCCC(C)COC1=CC(OC)=C(C2=CC(C(=O)Nc3c(F)cccc3F)N(C)N2C)CN1. The van der Waals surface area contributed by atoms with Crippen molar-refractivity contribution in [2.75, 3.05) is 39.7 Å². The van der Waals surface area contributed by atoms with E-state index in [9.17, 15) is 13.6 Å². The van der Waals surface area contributed by atoms with Gasteiger partial charge in [-0.1, -0.05) is 26.3 Å². The maximum Gasteiger partial charge on any atom is 0.247 e. The maximum absolute atomic E-state index is 14.0. The summed E-state index contributed by atoms with van der Waals surface area (Å²) in [5.74, 6) is -0.486. The molecule has 1 amide bonds. The molecule has 0 saturated heterocycles. The summed E-state index contributed by atoms with van der Waals surface area (Å²) < 4.78 is 39.5. The number of dihydropyridines is 1. The Morgan fingerprint density at radius 1 is 1.30 bits per heavy atom. The molecule has 0 bridgehead atoms. The summed E-state index contributed by atoms with van der Waals surface area (Å²) in [7, 11) is 5.12. The summed E-state index contributed by atoms with van der Waals surface area (Å²) in [6.45, 7) is 5.35. The van der Waals surface area contributed by atoms with E-state index >= 15 is 0 Å². The number of hydrogen-bond donors (Lipinski definition) is 2. The number of hydrogen-bond acceptors (Lipinski definition) is 6. The van der Waals surface area contributed by atoms with Gasteiger partial charge in [-0.25, -0.2) is 13.8 Å². The molecule has 0 fully saturated rings. The van der Waals surface area contributed by atoms with Gasteiger partial charge in [0, 0.05) is 32.3 Å². The number of para-hydroxylation sites is 1. The number of likely N-dealkylation sites (N-methyl/N-ethyl adjacent to an activating group) is 2. The van der Waals surface area contributed by atoms with Crippen molar-refractivity contribution < 1.29 is 23.0 Å². The zero-order chi connectivity index (χ0) is 24.1. The average molecular weight is 463 g/mol. The van der Waals surface area contributed by atoms with Crippen molar-refractivity contribution in [3.63, 3.8) is 0 Å². The summed E-state index contributed by atoms with van der Waals surface area (Å²) >= 11 is 0. The van der Waals surface area contributed by atoms with Crippen LogP contribution in [0.5, 0.6) is 0 Å². The lowest BCUT2D eigenvalue weighted by molar-refractivity contribution is -0.122. The summed E-state index contributed by atoms with van der Waals surface area (Å²) in [6.07, 6.45) is 5.74. The van der Waals surface area contributed by atoms with E-state index < -0.39 is 29.3 Å². The molecule has 2 aliphatic heterocycles. The summed E-state index contributed by atoms with van der Waals surface area (Å²) in [6, 6.07) is 2.69. The predicted octanol–water partition coefficient (Wildman–Crippen LogP) is 3.75. The van der Waals surface area contributed by atoms with E-state index in [-0.39, 0.29) is 0 Å². The lowest BCUT2D eigenvalue weighted by Crippen LogP contribution is -2.43. The highest BCUT2D eigenvalue weighted by Crippen LogP contribution is 2.30. The predicted molar refractivity (Wildman–Crippen MR) is 123 cm³/mol. The van der Waals surface area contributed by atoms with Crippen LogP contribution in [-0.4, -0.2) is 56.3 Å². The lowest BCUT2D eigenvalue weighted by atomic mass is 10.1. The van der Waals surface area contributed by atoms with Gasteiger partial charge >= 0.3 is 0 Å². The molecule has 1 aromatic carbocycles. The first-order chi connectivity index (χ1) is 15.8. The third-order valence-corrected chi connectivity index (χ3v) is 5.85. The van der Waals surface area contributed by atoms with Crippen molar-refractivity contribution in [2.45, 2.75) is 32.7 Å². The van der Waals surface area contributed by atoms with Gasteiger partial charge < -0.3 is 25.1 Å². The van der Waals surface area contributed by atoms with E-state index in [1.54, 1.807) is 36.3 Å². The van der Waals surface area contributed by atoms with Crippen LogP contribution in [0.3, 0.4) is 0 Å². The largest absolute Gasteiger partial charge is 0.496 e. The van der Waals surface area contributed by atoms with Crippen molar-refractivity contribution in [1.29, 1.82) is 0 Å². The normalized spacial score (nSPS) is 19.6. The molecule has 0 spiro atoms. The molecule has 0 saturated carbocycles. The molecule has 2 heterocycles. The molecule has 2 atom stereocenters. The number of nitrogens with zero attached hydrogens (tertiary/aromatic N) is 2. The van der Waals surface area contributed by atoms with Gasteiger partial charge in [-0.15, -0.1) is 0 Å². The van der Waals surface area contributed by atoms with Crippen LogP contribution in [0.25, 0.3) is 0 Å². The second-order valence-corrected chi connectivity index (χ2v) is 8.29. The molecule has 1 aromatic rings. The van der Waals surface area contributed by atoms with Crippen molar-refractivity contribution in [3.8, 4) is 0 Å². The minimum Gasteiger partial charge on any atom is -0.496 e. The first-order valence-electron chi connectivity index (χ1n) is 11.1. The fraction of sp³-hybridized carbons (Fsp3) is 0.458. The van der Waals surface area contributed by atoms with E-state index in [1.807, 2.05) is 7.05 Å². The van der Waals surface area contributed by atoms with Crippen LogP contribution in [0, 0.1) is 17.6 Å². The van der Waals surface area contributed by atoms with Crippen molar-refractivity contribution in [2.24, 2.45) is 5.92 Å². The summed E-state index contributed by atoms with van der Waals surface area (Å²) in [5, 5.41) is 9.12. The van der Waals surface area contributed by atoms with Crippen LogP contribution in [-0.2, 0) is 14.3 Å². The van der Waals surface area contributed by atoms with Gasteiger partial charge in [-0.3, -0.25) is 4.79 Å². The fourth-order valence-corrected chi connectivity index (χ4v) is 3.90. The summed E-state index contributed by atoms with van der Waals surface area (Å²) in [5.41, 5.74) is 1.14. The molecule has 9 heteroatoms. The average Bonchev–Trinajstić information content (AvgIpc) is 3.09. The number of anilines is 1. The van der Waals surface area contributed by atoms with E-state index in [4.69, 9.17) is 9.47 Å². The zero-order valence-corrected chi connectivity index (χ0v) is 19.7. The second-order valence-electron chi connectivity index (χ2n) is 8.29. The number of methoxy groups -OCH3 is 1. The van der Waals surface area contributed by atoms with Crippen molar-refractivity contribution >= 4 is 11.6 Å². The maximum atomic E-state index is 14.0. The van der Waals surface area contributed by atoms with Crippen LogP contribution in [0.4, 0.5) is 14.5 Å². The fourth-order valence-electron chi connectivity index (χ4n) is 3.90. The minimum atomic E-state index is -0.826. The lowest BCUT2D eigenvalue weighted by Gasteiger charge is -2.31. The number of allylic oxidation sites excluding steroid dienone is 1. The van der Waals surface area contributed by atoms with Crippen LogP contribution >= 0.6 is 0 Å². The minimum absolute atomic E-state index is 0.442. The van der Waals surface area contributed by atoms with Gasteiger partial charge in [-0.2, -0.15) is 0 Å². The van der Waals surface area contributed by atoms with Crippen LogP contribution in [0.15, 0.2) is 53.3 Å². The molecular formula is C24H32F2N4O3. The Balaban J connectivity index is 1.80. The molecule has 0 aliphatic carbocycles. The van der Waals surface area contributed by atoms with E-state index in [2.05, 4.69) is 24.5 Å². The smallest absolute Gasteiger partial charge is 0.247 e. The molecule has 180 valence electrons. The molecule has 3 rings (SSSR count). The molecule has 2 N–H and O–H groups in total. The second kappa shape index (κ2) is 10.7. The monoisotopic (exact) mass is 462 g/mol. The molecule has 2 aliphatic rings. The first kappa shape index (κ1) is 24.6. The molecule has 7 nitrogen and oxygen atoms in total. The third kappa shape index (κ3) is 5.47. The number of rotatable bonds is 9. The first-order valence-corrected chi connectivity index (χ1v) is 11.1. The topological polar surface area (TPSA) is 66.1 Å². The number of benzene rings is 1. The zero-order valence-electron chi connectivity index (χ0n) is 19.7. The molecule has 0 aromatic heterocycles. The van der Waals surface area contributed by atoms with Gasteiger partial charge in [0.25, 0.3) is 0 Å². The Kier molecular flexibility index (Phi) is 7.97. The molecule has 0 radical (unpaired) electrons. The van der Waals surface area contributed by atoms with Crippen molar-refractivity contribution in [1.82, 2.24) is 15.3 Å². The van der Waals surface area contributed by atoms with Gasteiger partial charge in [0.1, 0.15) is 29.1 Å². The Morgan fingerprint density at radius 2 is 2.00 bits per heavy atom. The third-order valence-electron chi connectivity index (χ3n) is 5.85. The highest BCUT2D eigenvalue weighted by atomic mass is 19.1. The van der Waals surface area contributed by atoms with E-state index in [0.29, 0.717) is 30.7 Å². The highest BCUT2D eigenvalue weighted by Gasteiger charge is 2.35. The molecular weight excluding hydrogens is 430 g/mol. The van der Waals surface area contributed by atoms with Crippen LogP contribution in [0.2, 0.25) is 0 Å². The summed E-state index contributed by atoms with van der Waals surface area (Å²) in [4.78, 5) is 12.9. The Morgan fingerprint density at radius 3 is 2.64 bits per heavy atom. The van der Waals surface area contributed by atoms with Gasteiger partial charge in [0.05, 0.1) is 19.4 Å². The van der Waals surface area contributed by atoms with Gasteiger partial charge in [-0.05, 0) is 30.5 Å². The quantitative estimate of drug-likeness (QED) is 0.583. The van der Waals surface area contributed by atoms with Crippen molar-refractivity contribution in [3.05, 3.63) is 64.9 Å². The number of halogens is 2. The van der Waals surface area contributed by atoms with Gasteiger partial charge in [0.15, 0.2) is 5.88 Å². The molecule has 2 unspecified atom stereocenters. The van der Waals surface area contributed by atoms with E-state index in [1.165, 1.54) is 6.07 Å². The Hall–Kier alpha value is -3.07. The number of carbonyl (C=O) groups is 1. The highest BCUT2D eigenvalue weighted by molar-refractivity contribution is 5.96. The number of nitrogens with one attached hydrogen (secondary N) is 2. The number of ether oxygens (including phenoxy) is 2. The Labute approximate surface area is 193 Å². The van der Waals surface area contributed by atoms with E-state index in [0.717, 1.165) is 36.2 Å². The number of carbonyl (C=O) groups excluding carboxylic acids is 1. The molecule has 33 heavy (non-hydrogen) atoms. The number of hydrazine groups is 1. The van der Waals surface area contributed by atoms with Gasteiger partial charge in [0.2, 0.25) is 5.91 Å².